The van der Waals surface area contributed by atoms with Crippen LogP contribution in [0.1, 0.15) is 20.8 Å². The molecule has 2 aromatic carbocycles. The first-order valence-corrected chi connectivity index (χ1v) is 9.69. The molecular weight excluding hydrogens is 423 g/mol. The van der Waals surface area contributed by atoms with E-state index >= 15 is 0 Å². The molecule has 1 heterocycles. The molecule has 0 saturated carbocycles. The molecule has 0 spiro atoms. The predicted molar refractivity (Wildman–Crippen MR) is 115 cm³/mol. The Morgan fingerprint density at radius 3 is 2.41 bits per heavy atom. The van der Waals surface area contributed by atoms with Gasteiger partial charge in [0.2, 0.25) is 5.95 Å². The van der Waals surface area contributed by atoms with E-state index < -0.39 is 40.8 Å². The van der Waals surface area contributed by atoms with E-state index in [9.17, 15) is 23.1 Å². The molecule has 0 aliphatic heterocycles. The number of rotatable bonds is 6. The Morgan fingerprint density at radius 1 is 1.06 bits per heavy atom. The smallest absolute Gasteiger partial charge is 0.332 e. The number of amides is 2. The number of aromatic nitrogens is 2. The summed E-state index contributed by atoms with van der Waals surface area (Å²) in [5.41, 5.74) is -1.22. The Morgan fingerprint density at radius 2 is 1.75 bits per heavy atom. The molecule has 3 rings (SSSR count). The number of nitrogens with zero attached hydrogens (tertiary/aromatic N) is 3. The van der Waals surface area contributed by atoms with Gasteiger partial charge >= 0.3 is 6.03 Å². The largest absolute Gasteiger partial charge is 0.388 e. The molecule has 7 nitrogen and oxygen atoms in total. The van der Waals surface area contributed by atoms with E-state index in [1.54, 1.807) is 51.1 Å². The lowest BCUT2D eigenvalue weighted by molar-refractivity contribution is 0.0646. The van der Waals surface area contributed by atoms with Crippen LogP contribution in [-0.2, 0) is 0 Å². The van der Waals surface area contributed by atoms with Crippen molar-refractivity contribution < 1.29 is 23.1 Å². The van der Waals surface area contributed by atoms with Crippen molar-refractivity contribution in [1.29, 1.82) is 0 Å². The minimum Gasteiger partial charge on any atom is -0.388 e. The number of benzene rings is 2. The summed E-state index contributed by atoms with van der Waals surface area (Å²) in [5.74, 6) is -4.31. The third-order valence-corrected chi connectivity index (χ3v) is 4.77. The van der Waals surface area contributed by atoms with Gasteiger partial charge in [0, 0.05) is 12.3 Å². The molecule has 0 aliphatic carbocycles. The van der Waals surface area contributed by atoms with Gasteiger partial charge in [0.15, 0.2) is 17.5 Å². The number of anilines is 4. The van der Waals surface area contributed by atoms with Crippen LogP contribution in [0.4, 0.5) is 41.1 Å². The summed E-state index contributed by atoms with van der Waals surface area (Å²) >= 11 is 0. The summed E-state index contributed by atoms with van der Waals surface area (Å²) < 4.78 is 40.9. The van der Waals surface area contributed by atoms with Gasteiger partial charge in [-0.25, -0.2) is 27.8 Å². The second kappa shape index (κ2) is 9.23. The van der Waals surface area contributed by atoms with Crippen molar-refractivity contribution in [3.8, 4) is 0 Å². The van der Waals surface area contributed by atoms with Crippen molar-refractivity contribution in [2.45, 2.75) is 32.4 Å². The first kappa shape index (κ1) is 23.0. The highest BCUT2D eigenvalue weighted by atomic mass is 19.2. The van der Waals surface area contributed by atoms with Crippen molar-refractivity contribution >= 4 is 29.2 Å². The average molecular weight is 445 g/mol. The number of halogens is 3. The molecule has 2 amide bonds. The molecule has 0 bridgehead atoms. The normalized spacial score (nSPS) is 12.2. The summed E-state index contributed by atoms with van der Waals surface area (Å²) in [6.07, 6.45) is 1.41. The molecule has 0 saturated heterocycles. The topological polar surface area (TPSA) is 90.4 Å². The lowest BCUT2D eigenvalue weighted by atomic mass is 10.0. The highest BCUT2D eigenvalue weighted by Gasteiger charge is 2.25. The third-order valence-electron chi connectivity index (χ3n) is 4.77. The first-order chi connectivity index (χ1) is 15.1. The van der Waals surface area contributed by atoms with Gasteiger partial charge in [-0.3, -0.25) is 0 Å². The molecular formula is C22H22F3N5O2. The molecule has 0 aliphatic rings. The first-order valence-electron chi connectivity index (χ1n) is 9.69. The maximum Gasteiger partial charge on any atom is 0.332 e. The number of aliphatic hydroxyl groups is 1. The Balaban J connectivity index is 1.97. The van der Waals surface area contributed by atoms with Crippen LogP contribution in [0.15, 0.2) is 54.7 Å². The predicted octanol–water partition coefficient (Wildman–Crippen LogP) is 4.84. The van der Waals surface area contributed by atoms with Crippen LogP contribution >= 0.6 is 0 Å². The van der Waals surface area contributed by atoms with Crippen molar-refractivity contribution in [1.82, 2.24) is 9.97 Å². The Kier molecular flexibility index (Phi) is 6.64. The Hall–Kier alpha value is -3.66. The highest BCUT2D eigenvalue weighted by molar-refractivity contribution is 6.06. The second-order valence-electron chi connectivity index (χ2n) is 7.58. The van der Waals surface area contributed by atoms with E-state index in [0.29, 0.717) is 11.8 Å². The van der Waals surface area contributed by atoms with Gasteiger partial charge in [-0.1, -0.05) is 18.2 Å². The van der Waals surface area contributed by atoms with Crippen molar-refractivity contribution in [2.75, 3.05) is 15.5 Å². The van der Waals surface area contributed by atoms with Crippen LogP contribution < -0.4 is 15.5 Å². The summed E-state index contributed by atoms with van der Waals surface area (Å²) in [6.45, 7) is 4.98. The van der Waals surface area contributed by atoms with Crippen molar-refractivity contribution in [3.63, 3.8) is 0 Å². The number of hydrogen-bond acceptors (Lipinski definition) is 5. The maximum absolute atomic E-state index is 14.1. The molecule has 1 unspecified atom stereocenters. The van der Waals surface area contributed by atoms with Crippen LogP contribution in [0, 0.1) is 17.5 Å². The standard InChI is InChI=1S/C22H22F3N5O2/c1-13(22(2,3)32)27-20-26-12-11-17(29-20)30(14-7-5-4-6-8-14)21(31)28-16-10-9-15(23)18(24)19(16)25/h4-13,32H,1-3H3,(H,28,31)(H,26,27,29). The number of nitrogens with one attached hydrogen (secondary N) is 2. The van der Waals surface area contributed by atoms with E-state index in [1.165, 1.54) is 12.3 Å². The summed E-state index contributed by atoms with van der Waals surface area (Å²) in [4.78, 5) is 22.6. The summed E-state index contributed by atoms with van der Waals surface area (Å²) in [7, 11) is 0. The van der Waals surface area contributed by atoms with Crippen LogP contribution in [0.2, 0.25) is 0 Å². The fraction of sp³-hybridized carbons (Fsp3) is 0.227. The van der Waals surface area contributed by atoms with Crippen LogP contribution in [0.5, 0.6) is 0 Å². The quantitative estimate of drug-likeness (QED) is 0.473. The minimum atomic E-state index is -1.69. The van der Waals surface area contributed by atoms with E-state index in [-0.39, 0.29) is 11.8 Å². The molecule has 3 aromatic rings. The van der Waals surface area contributed by atoms with Gasteiger partial charge in [0.05, 0.1) is 23.0 Å². The van der Waals surface area contributed by atoms with Gasteiger partial charge < -0.3 is 15.7 Å². The maximum atomic E-state index is 14.1. The molecule has 1 aromatic heterocycles. The minimum absolute atomic E-state index is 0.122. The van der Waals surface area contributed by atoms with Gasteiger partial charge in [0.1, 0.15) is 5.82 Å². The Labute approximate surface area is 182 Å². The van der Waals surface area contributed by atoms with Gasteiger partial charge in [-0.05, 0) is 45.0 Å². The fourth-order valence-electron chi connectivity index (χ4n) is 2.64. The summed E-state index contributed by atoms with van der Waals surface area (Å²) in [5, 5.41) is 15.3. The molecule has 1 atom stereocenters. The number of urea groups is 1. The van der Waals surface area contributed by atoms with Gasteiger partial charge in [-0.15, -0.1) is 0 Å². The van der Waals surface area contributed by atoms with Crippen LogP contribution in [0.3, 0.4) is 0 Å². The van der Waals surface area contributed by atoms with Crippen LogP contribution in [0.25, 0.3) is 0 Å². The average Bonchev–Trinajstić information content (AvgIpc) is 2.75. The van der Waals surface area contributed by atoms with E-state index in [0.717, 1.165) is 11.0 Å². The molecule has 32 heavy (non-hydrogen) atoms. The van der Waals surface area contributed by atoms with E-state index in [4.69, 9.17) is 0 Å². The number of carbonyl (C=O) groups is 1. The van der Waals surface area contributed by atoms with E-state index in [1.807, 2.05) is 0 Å². The van der Waals surface area contributed by atoms with Gasteiger partial charge in [-0.2, -0.15) is 4.98 Å². The van der Waals surface area contributed by atoms with Crippen LogP contribution in [-0.4, -0.2) is 32.7 Å². The SMILES string of the molecule is CC(Nc1nccc(N(C(=O)Nc2ccc(F)c(F)c2F)c2ccccc2)n1)C(C)(C)O. The second-order valence-corrected chi connectivity index (χ2v) is 7.58. The molecule has 0 fully saturated rings. The molecule has 0 radical (unpaired) electrons. The lowest BCUT2D eigenvalue weighted by Crippen LogP contribution is -2.40. The zero-order valence-electron chi connectivity index (χ0n) is 17.6. The fourth-order valence-corrected chi connectivity index (χ4v) is 2.64. The molecule has 168 valence electrons. The number of para-hydroxylation sites is 1. The number of carbonyl (C=O) groups excluding carboxylic acids is 1. The van der Waals surface area contributed by atoms with Crippen molar-refractivity contribution in [3.05, 3.63) is 72.2 Å². The van der Waals surface area contributed by atoms with E-state index in [2.05, 4.69) is 20.6 Å². The summed E-state index contributed by atoms with van der Waals surface area (Å²) in [6, 6.07) is 10.2. The molecule has 3 N–H and O–H groups in total. The highest BCUT2D eigenvalue weighted by Crippen LogP contribution is 2.27. The Bertz CT molecular complexity index is 1110. The monoisotopic (exact) mass is 445 g/mol. The third kappa shape index (κ3) is 5.14. The number of hydrogen-bond donors (Lipinski definition) is 3. The van der Waals surface area contributed by atoms with Gasteiger partial charge in [0.25, 0.3) is 0 Å². The lowest BCUT2D eigenvalue weighted by Gasteiger charge is -2.27. The zero-order valence-corrected chi connectivity index (χ0v) is 17.6. The zero-order chi connectivity index (χ0) is 23.5. The van der Waals surface area contributed by atoms with Crippen molar-refractivity contribution in [2.24, 2.45) is 0 Å². The molecule has 10 heteroatoms.